The number of carboxylic acids is 1. The van der Waals surface area contributed by atoms with Crippen molar-refractivity contribution in [3.05, 3.63) is 44.9 Å². The van der Waals surface area contributed by atoms with Crippen LogP contribution in [0.3, 0.4) is 0 Å². The van der Waals surface area contributed by atoms with Gasteiger partial charge in [0.15, 0.2) is 22.4 Å². The lowest BCUT2D eigenvalue weighted by molar-refractivity contribution is -0.126. The van der Waals surface area contributed by atoms with Crippen molar-refractivity contribution in [3.8, 4) is 5.13 Å². The molecule has 1 amide bonds. The molecule has 0 aromatic carbocycles. The van der Waals surface area contributed by atoms with Gasteiger partial charge in [-0.25, -0.2) is 19.2 Å². The molecule has 35 heavy (non-hydrogen) atoms. The molecule has 2 aliphatic rings. The molecule has 1 unspecified atom stereocenters. The van der Waals surface area contributed by atoms with E-state index in [1.165, 1.54) is 29.0 Å². The molecule has 0 spiro atoms. The lowest BCUT2D eigenvalue weighted by Crippen LogP contribution is -2.55. The molecule has 1 atom stereocenters. The number of aryl methyl sites for hydroxylation is 1. The van der Waals surface area contributed by atoms with Crippen LogP contribution < -0.4 is 15.6 Å². The number of hydrogen-bond donors (Lipinski definition) is 2. The van der Waals surface area contributed by atoms with Gasteiger partial charge in [0.2, 0.25) is 11.3 Å². The van der Waals surface area contributed by atoms with Crippen LogP contribution in [-0.2, 0) is 9.53 Å². The second-order valence-electron chi connectivity index (χ2n) is 8.77. The molecule has 10 nitrogen and oxygen atoms in total. The first-order chi connectivity index (χ1) is 16.8. The molecular formula is C23H24FN5O5S. The molecule has 2 N–H and O–H groups in total. The number of fused-ring (bicyclic) bond motifs is 1. The number of aromatic carboxylic acids is 1. The number of anilines is 1. The van der Waals surface area contributed by atoms with E-state index in [0.717, 1.165) is 19.3 Å². The number of rotatable bonds is 6. The Labute approximate surface area is 203 Å². The van der Waals surface area contributed by atoms with Crippen LogP contribution in [0, 0.1) is 18.7 Å². The smallest absolute Gasteiger partial charge is 0.341 e. The van der Waals surface area contributed by atoms with Gasteiger partial charge in [-0.1, -0.05) is 0 Å². The van der Waals surface area contributed by atoms with Gasteiger partial charge in [0.1, 0.15) is 5.56 Å². The molecule has 0 bridgehead atoms. The Morgan fingerprint density at radius 1 is 1.34 bits per heavy atom. The Morgan fingerprint density at radius 3 is 2.80 bits per heavy atom. The monoisotopic (exact) mass is 501 g/mol. The standard InChI is InChI=1S/C23H24FN5O5S/c1-12-16-18(30)15(22(32)33)11-29(23-25-5-7-35-23)19(16)27-20(17(12)24)28-9-13(10-28)21(31)26-8-14-4-2-3-6-34-14/h5,7,11,13-14H,2-4,6,8-10H2,1H3,(H,26,31)(H,32,33). The molecule has 0 saturated carbocycles. The largest absolute Gasteiger partial charge is 0.477 e. The van der Waals surface area contributed by atoms with Crippen LogP contribution in [0.15, 0.2) is 22.6 Å². The maximum absolute atomic E-state index is 15.4. The second kappa shape index (κ2) is 9.34. The lowest BCUT2D eigenvalue weighted by Gasteiger charge is -2.39. The van der Waals surface area contributed by atoms with Gasteiger partial charge in [-0.05, 0) is 26.2 Å². The number of nitrogens with one attached hydrogen (secondary N) is 1. The molecule has 2 aliphatic heterocycles. The van der Waals surface area contributed by atoms with Crippen molar-refractivity contribution in [1.82, 2.24) is 19.9 Å². The van der Waals surface area contributed by atoms with E-state index in [1.54, 1.807) is 16.5 Å². The first-order valence-corrected chi connectivity index (χ1v) is 12.3. The van der Waals surface area contributed by atoms with E-state index < -0.39 is 22.8 Å². The zero-order chi connectivity index (χ0) is 24.7. The fraction of sp³-hybridized carbons (Fsp3) is 0.435. The second-order valence-corrected chi connectivity index (χ2v) is 9.64. The number of pyridine rings is 2. The van der Waals surface area contributed by atoms with Crippen LogP contribution in [0.5, 0.6) is 0 Å². The van der Waals surface area contributed by atoms with Gasteiger partial charge in [0.25, 0.3) is 0 Å². The Kier molecular flexibility index (Phi) is 6.24. The number of nitrogens with zero attached hydrogens (tertiary/aromatic N) is 4. The van der Waals surface area contributed by atoms with Crippen LogP contribution >= 0.6 is 11.3 Å². The van der Waals surface area contributed by atoms with Crippen LogP contribution in [0.2, 0.25) is 0 Å². The molecule has 5 heterocycles. The van der Waals surface area contributed by atoms with Crippen LogP contribution in [0.25, 0.3) is 16.2 Å². The molecule has 3 aromatic heterocycles. The summed E-state index contributed by atoms with van der Waals surface area (Å²) in [4.78, 5) is 47.4. The Hall–Kier alpha value is -3.38. The van der Waals surface area contributed by atoms with Gasteiger partial charge in [-0.15, -0.1) is 11.3 Å². The average Bonchev–Trinajstić information content (AvgIpc) is 3.35. The van der Waals surface area contributed by atoms with Crippen LogP contribution in [0.4, 0.5) is 10.2 Å². The number of thiazole rings is 1. The molecule has 2 fully saturated rings. The highest BCUT2D eigenvalue weighted by Crippen LogP contribution is 2.31. The molecule has 184 valence electrons. The number of hydrogen-bond acceptors (Lipinski definition) is 8. The summed E-state index contributed by atoms with van der Waals surface area (Å²) in [6.45, 7) is 3.16. The van der Waals surface area contributed by atoms with Crippen LogP contribution in [-0.4, -0.2) is 63.9 Å². The number of amides is 1. The molecule has 12 heteroatoms. The predicted octanol–water partition coefficient (Wildman–Crippen LogP) is 2.11. The van der Waals surface area contributed by atoms with Crippen LogP contribution in [0.1, 0.15) is 35.2 Å². The van der Waals surface area contributed by atoms with E-state index in [2.05, 4.69) is 15.3 Å². The first kappa shape index (κ1) is 23.4. The number of carbonyl (C=O) groups excluding carboxylic acids is 1. The van der Waals surface area contributed by atoms with Crippen molar-refractivity contribution in [2.45, 2.75) is 32.3 Å². The summed E-state index contributed by atoms with van der Waals surface area (Å²) in [6.07, 6.45) is 5.79. The topological polar surface area (TPSA) is 127 Å². The summed E-state index contributed by atoms with van der Waals surface area (Å²) < 4.78 is 22.4. The molecule has 2 saturated heterocycles. The van der Waals surface area contributed by atoms with Crippen molar-refractivity contribution >= 4 is 40.1 Å². The number of ether oxygens (including phenoxy) is 1. The maximum atomic E-state index is 15.4. The molecule has 5 rings (SSSR count). The van der Waals surface area contributed by atoms with E-state index >= 15 is 4.39 Å². The van der Waals surface area contributed by atoms with Crippen molar-refractivity contribution in [2.24, 2.45) is 5.92 Å². The highest BCUT2D eigenvalue weighted by Gasteiger charge is 2.36. The minimum absolute atomic E-state index is 0.00533. The SMILES string of the molecule is Cc1c(F)c(N2CC(C(=O)NCC3CCCCO3)C2)nc2c1c(=O)c(C(=O)O)cn2-c1nccs1. The minimum Gasteiger partial charge on any atom is -0.477 e. The average molecular weight is 502 g/mol. The predicted molar refractivity (Wildman–Crippen MR) is 127 cm³/mol. The highest BCUT2D eigenvalue weighted by molar-refractivity contribution is 7.12. The van der Waals surface area contributed by atoms with E-state index in [4.69, 9.17) is 4.74 Å². The van der Waals surface area contributed by atoms with Crippen molar-refractivity contribution in [2.75, 3.05) is 31.1 Å². The van der Waals surface area contributed by atoms with Gasteiger partial charge in [0, 0.05) is 49.6 Å². The minimum atomic E-state index is -1.42. The lowest BCUT2D eigenvalue weighted by atomic mass is 9.98. The Morgan fingerprint density at radius 2 is 2.14 bits per heavy atom. The third kappa shape index (κ3) is 4.27. The number of halogens is 1. The van der Waals surface area contributed by atoms with E-state index in [1.807, 2.05) is 0 Å². The summed E-state index contributed by atoms with van der Waals surface area (Å²) in [5, 5.41) is 14.4. The van der Waals surface area contributed by atoms with Crippen molar-refractivity contribution in [1.29, 1.82) is 0 Å². The quantitative estimate of drug-likeness (QED) is 0.526. The molecule has 3 aromatic rings. The molecule has 0 aliphatic carbocycles. The summed E-state index contributed by atoms with van der Waals surface area (Å²) in [6, 6.07) is 0. The van der Waals surface area contributed by atoms with E-state index in [0.29, 0.717) is 18.3 Å². The first-order valence-electron chi connectivity index (χ1n) is 11.4. The fourth-order valence-electron chi connectivity index (χ4n) is 4.47. The van der Waals surface area contributed by atoms with Gasteiger partial charge in [-0.3, -0.25) is 14.2 Å². The third-order valence-electron chi connectivity index (χ3n) is 6.48. The zero-order valence-corrected chi connectivity index (χ0v) is 19.8. The Bertz CT molecular complexity index is 1350. The summed E-state index contributed by atoms with van der Waals surface area (Å²) >= 11 is 1.23. The van der Waals surface area contributed by atoms with E-state index in [-0.39, 0.29) is 53.4 Å². The summed E-state index contributed by atoms with van der Waals surface area (Å²) in [7, 11) is 0. The molecule has 0 radical (unpaired) electrons. The van der Waals surface area contributed by atoms with Gasteiger partial charge in [-0.2, -0.15) is 0 Å². The van der Waals surface area contributed by atoms with E-state index in [9.17, 15) is 19.5 Å². The summed E-state index contributed by atoms with van der Waals surface area (Å²) in [5.74, 6) is -2.54. The summed E-state index contributed by atoms with van der Waals surface area (Å²) in [5.41, 5.74) is -1.18. The van der Waals surface area contributed by atoms with Gasteiger partial charge < -0.3 is 20.1 Å². The third-order valence-corrected chi connectivity index (χ3v) is 7.25. The number of aromatic nitrogens is 3. The number of carboxylic acid groups (broad SMARTS) is 1. The number of carbonyl (C=O) groups is 2. The zero-order valence-electron chi connectivity index (χ0n) is 19.0. The maximum Gasteiger partial charge on any atom is 0.341 e. The highest BCUT2D eigenvalue weighted by atomic mass is 32.1. The fourth-order valence-corrected chi connectivity index (χ4v) is 5.09. The Balaban J connectivity index is 1.43. The van der Waals surface area contributed by atoms with Gasteiger partial charge >= 0.3 is 5.97 Å². The molecular weight excluding hydrogens is 477 g/mol. The van der Waals surface area contributed by atoms with Crippen molar-refractivity contribution < 1.29 is 23.8 Å². The van der Waals surface area contributed by atoms with Crippen molar-refractivity contribution in [3.63, 3.8) is 0 Å². The van der Waals surface area contributed by atoms with Gasteiger partial charge in [0.05, 0.1) is 17.4 Å². The normalized spacial score (nSPS) is 18.5.